The highest BCUT2D eigenvalue weighted by atomic mass is 28.3. The molecule has 0 saturated carbocycles. The number of aromatic nitrogens is 1. The van der Waals surface area contributed by atoms with Gasteiger partial charge in [0.05, 0.1) is 13.2 Å². The van der Waals surface area contributed by atoms with Crippen molar-refractivity contribution in [1.29, 1.82) is 0 Å². The van der Waals surface area contributed by atoms with Gasteiger partial charge >= 0.3 is 11.9 Å². The van der Waals surface area contributed by atoms with Crippen LogP contribution in [0.15, 0.2) is 60.8 Å². The van der Waals surface area contributed by atoms with Crippen molar-refractivity contribution in [3.8, 4) is 0 Å². The van der Waals surface area contributed by atoms with Gasteiger partial charge in [0.25, 0.3) is 0 Å². The minimum absolute atomic E-state index is 0.198. The van der Waals surface area contributed by atoms with Gasteiger partial charge in [-0.15, -0.1) is 0 Å². The van der Waals surface area contributed by atoms with E-state index in [4.69, 9.17) is 9.47 Å². The van der Waals surface area contributed by atoms with Gasteiger partial charge < -0.3 is 9.47 Å². The molecular formula is C25H33NO4Si. The molecule has 0 spiro atoms. The Balaban J connectivity index is 2.53. The Kier molecular flexibility index (Phi) is 8.74. The van der Waals surface area contributed by atoms with Gasteiger partial charge in [0.1, 0.15) is 8.07 Å². The molecule has 1 unspecified atom stereocenters. The van der Waals surface area contributed by atoms with Crippen LogP contribution in [-0.2, 0) is 19.1 Å². The molecule has 1 aromatic carbocycles. The molecule has 1 atom stereocenters. The lowest BCUT2D eigenvalue weighted by molar-refractivity contribution is -0.173. The number of hydrogen-bond donors (Lipinski definition) is 0. The van der Waals surface area contributed by atoms with Gasteiger partial charge in [0.2, 0.25) is 0 Å². The highest BCUT2D eigenvalue weighted by Crippen LogP contribution is 2.38. The Bertz CT molecular complexity index is 863. The molecular weight excluding hydrogens is 406 g/mol. The Labute approximate surface area is 186 Å². The normalized spacial score (nSPS) is 13.1. The van der Waals surface area contributed by atoms with Crippen molar-refractivity contribution in [2.45, 2.75) is 39.9 Å². The monoisotopic (exact) mass is 439 g/mol. The van der Waals surface area contributed by atoms with Crippen LogP contribution in [0.1, 0.15) is 26.3 Å². The first kappa shape index (κ1) is 24.5. The van der Waals surface area contributed by atoms with E-state index in [9.17, 15) is 9.59 Å². The Hall–Kier alpha value is -2.73. The molecule has 0 amide bonds. The number of rotatable bonds is 10. The molecule has 0 fully saturated rings. The zero-order valence-corrected chi connectivity index (χ0v) is 20.1. The third-order valence-electron chi connectivity index (χ3n) is 5.55. The zero-order valence-electron chi connectivity index (χ0n) is 19.1. The number of carbonyl (C=O) groups excluding carboxylic acids is 2. The summed E-state index contributed by atoms with van der Waals surface area (Å²) in [7, 11) is -2.11. The van der Waals surface area contributed by atoms with Crippen molar-refractivity contribution in [3.63, 3.8) is 0 Å². The van der Waals surface area contributed by atoms with E-state index in [0.717, 1.165) is 10.9 Å². The van der Waals surface area contributed by atoms with E-state index in [2.05, 4.69) is 18.1 Å². The van der Waals surface area contributed by atoms with E-state index in [0.29, 0.717) is 6.04 Å². The van der Waals surface area contributed by atoms with Crippen molar-refractivity contribution in [2.24, 2.45) is 11.3 Å². The SMILES string of the molecule is CCOC(=O)C(C)(C(=O)OCC)C(/C=C/c1ccccc1)C[Si](C)(C)c1ccccn1. The first-order valence-electron chi connectivity index (χ1n) is 10.7. The molecule has 0 aliphatic heterocycles. The summed E-state index contributed by atoms with van der Waals surface area (Å²) in [5.74, 6) is -1.52. The van der Waals surface area contributed by atoms with Gasteiger partial charge in [-0.25, -0.2) is 0 Å². The van der Waals surface area contributed by atoms with Crippen molar-refractivity contribution in [2.75, 3.05) is 13.2 Å². The fourth-order valence-electron chi connectivity index (χ4n) is 3.62. The lowest BCUT2D eigenvalue weighted by Gasteiger charge is -2.35. The van der Waals surface area contributed by atoms with E-state index in [1.807, 2.05) is 60.7 Å². The van der Waals surface area contributed by atoms with Gasteiger partial charge in [-0.05, 0) is 44.5 Å². The summed E-state index contributed by atoms with van der Waals surface area (Å²) < 4.78 is 10.7. The summed E-state index contributed by atoms with van der Waals surface area (Å²) in [5.41, 5.74) is -0.448. The lowest BCUT2D eigenvalue weighted by Crippen LogP contribution is -2.51. The number of ether oxygens (including phenoxy) is 2. The maximum atomic E-state index is 13.1. The van der Waals surface area contributed by atoms with Crippen LogP contribution in [0.5, 0.6) is 0 Å². The molecule has 166 valence electrons. The zero-order chi connectivity index (χ0) is 22.9. The predicted molar refractivity (Wildman–Crippen MR) is 126 cm³/mol. The van der Waals surface area contributed by atoms with Gasteiger partial charge in [-0.2, -0.15) is 0 Å². The van der Waals surface area contributed by atoms with Crippen molar-refractivity contribution in [1.82, 2.24) is 4.98 Å². The second-order valence-electron chi connectivity index (χ2n) is 8.32. The average Bonchev–Trinajstić information content (AvgIpc) is 2.77. The second-order valence-corrected chi connectivity index (χ2v) is 13.0. The largest absolute Gasteiger partial charge is 0.465 e. The molecule has 31 heavy (non-hydrogen) atoms. The van der Waals surface area contributed by atoms with Crippen LogP contribution in [0.4, 0.5) is 0 Å². The molecule has 0 aliphatic rings. The van der Waals surface area contributed by atoms with E-state index in [-0.39, 0.29) is 13.2 Å². The van der Waals surface area contributed by atoms with Crippen molar-refractivity contribution < 1.29 is 19.1 Å². The van der Waals surface area contributed by atoms with E-state index >= 15 is 0 Å². The topological polar surface area (TPSA) is 65.5 Å². The van der Waals surface area contributed by atoms with Gasteiger partial charge in [-0.3, -0.25) is 14.6 Å². The summed E-state index contributed by atoms with van der Waals surface area (Å²) in [6.45, 7) is 9.93. The quantitative estimate of drug-likeness (QED) is 0.311. The van der Waals surface area contributed by atoms with Crippen LogP contribution in [0.3, 0.4) is 0 Å². The Morgan fingerprint density at radius 1 is 1.00 bits per heavy atom. The van der Waals surface area contributed by atoms with Gasteiger partial charge in [0, 0.05) is 17.4 Å². The average molecular weight is 440 g/mol. The van der Waals surface area contributed by atoms with E-state index < -0.39 is 31.3 Å². The molecule has 5 nitrogen and oxygen atoms in total. The minimum Gasteiger partial charge on any atom is -0.465 e. The number of carbonyl (C=O) groups is 2. The number of hydrogen-bond acceptors (Lipinski definition) is 5. The minimum atomic E-state index is -2.11. The van der Waals surface area contributed by atoms with Crippen LogP contribution in [-0.4, -0.2) is 38.2 Å². The van der Waals surface area contributed by atoms with Crippen LogP contribution in [0.25, 0.3) is 6.08 Å². The van der Waals surface area contributed by atoms with Crippen LogP contribution < -0.4 is 5.32 Å². The third-order valence-corrected chi connectivity index (χ3v) is 8.69. The molecule has 1 aromatic heterocycles. The van der Waals surface area contributed by atoms with Crippen molar-refractivity contribution in [3.05, 3.63) is 66.4 Å². The predicted octanol–water partition coefficient (Wildman–Crippen LogP) is 4.46. The molecule has 2 rings (SSSR count). The number of pyridine rings is 1. The highest BCUT2D eigenvalue weighted by Gasteiger charge is 2.51. The van der Waals surface area contributed by atoms with Crippen LogP contribution in [0, 0.1) is 11.3 Å². The first-order valence-corrected chi connectivity index (χ1v) is 14.0. The number of esters is 2. The molecule has 6 heteroatoms. The molecule has 1 heterocycles. The summed E-state index contributed by atoms with van der Waals surface area (Å²) in [4.78, 5) is 30.8. The molecule has 0 radical (unpaired) electrons. The third kappa shape index (κ3) is 6.14. The molecule has 2 aromatic rings. The van der Waals surface area contributed by atoms with Crippen molar-refractivity contribution >= 4 is 31.4 Å². The lowest BCUT2D eigenvalue weighted by atomic mass is 9.77. The molecule has 0 saturated heterocycles. The number of nitrogens with zero attached hydrogens (tertiary/aromatic N) is 1. The fourth-order valence-corrected chi connectivity index (χ4v) is 6.45. The Morgan fingerprint density at radius 2 is 1.58 bits per heavy atom. The standard InChI is InChI=1S/C25H33NO4Si/c1-6-29-23(27)25(3,24(28)30-7-2)21(17-16-20-13-9-8-10-14-20)19-31(4,5)22-15-11-12-18-26-22/h8-18,21H,6-7,19H2,1-5H3/b17-16+. The molecule has 0 bridgehead atoms. The van der Waals surface area contributed by atoms with Crippen LogP contribution in [0.2, 0.25) is 19.1 Å². The number of benzene rings is 1. The summed E-state index contributed by atoms with van der Waals surface area (Å²) in [6.07, 6.45) is 5.71. The number of allylic oxidation sites excluding steroid dienone is 1. The second kappa shape index (κ2) is 11.0. The summed E-state index contributed by atoms with van der Waals surface area (Å²) >= 11 is 0. The van der Waals surface area contributed by atoms with Crippen LogP contribution >= 0.6 is 0 Å². The first-order chi connectivity index (χ1) is 14.8. The highest BCUT2D eigenvalue weighted by molar-refractivity contribution is 6.89. The summed E-state index contributed by atoms with van der Waals surface area (Å²) in [6, 6.07) is 16.4. The Morgan fingerprint density at radius 3 is 2.10 bits per heavy atom. The van der Waals surface area contributed by atoms with Gasteiger partial charge in [-0.1, -0.05) is 61.6 Å². The maximum Gasteiger partial charge on any atom is 0.323 e. The van der Waals surface area contributed by atoms with E-state index in [1.54, 1.807) is 27.0 Å². The van der Waals surface area contributed by atoms with Gasteiger partial charge in [0.15, 0.2) is 5.41 Å². The van der Waals surface area contributed by atoms with E-state index in [1.165, 1.54) is 0 Å². The smallest absolute Gasteiger partial charge is 0.323 e. The molecule has 0 aliphatic carbocycles. The maximum absolute atomic E-state index is 13.1. The fraction of sp³-hybridized carbons (Fsp3) is 0.400. The summed E-state index contributed by atoms with van der Waals surface area (Å²) in [5, 5.41) is 1.03. The molecule has 0 N–H and O–H groups in total.